The van der Waals surface area contributed by atoms with Crippen molar-refractivity contribution in [1.82, 2.24) is 9.38 Å². The number of hydrogen-bond donors (Lipinski definition) is 1. The van der Waals surface area contributed by atoms with Gasteiger partial charge in [-0.2, -0.15) is 0 Å². The van der Waals surface area contributed by atoms with E-state index in [0.717, 1.165) is 27.3 Å². The fourth-order valence-corrected chi connectivity index (χ4v) is 4.56. The molecular weight excluding hydrogens is 316 g/mol. The lowest BCUT2D eigenvalue weighted by molar-refractivity contribution is 1.34. The normalized spacial score (nSPS) is 12.2. The van der Waals surface area contributed by atoms with Crippen molar-refractivity contribution in [2.45, 2.75) is 0 Å². The topological polar surface area (TPSA) is 20.2 Å². The number of hydrogen-bond acceptors (Lipinski definition) is 0. The van der Waals surface area contributed by atoms with Gasteiger partial charge in [-0.3, -0.25) is 0 Å². The third-order valence-corrected chi connectivity index (χ3v) is 5.60. The second-order valence-corrected chi connectivity index (χ2v) is 6.85. The van der Waals surface area contributed by atoms with Crippen LogP contribution in [0.1, 0.15) is 5.56 Å². The van der Waals surface area contributed by atoms with Crippen LogP contribution in [0.25, 0.3) is 61.8 Å². The predicted molar refractivity (Wildman–Crippen MR) is 113 cm³/mol. The molecule has 0 unspecified atom stereocenters. The van der Waals surface area contributed by atoms with Gasteiger partial charge in [0.25, 0.3) is 0 Å². The average molecular weight is 332 g/mol. The summed E-state index contributed by atoms with van der Waals surface area (Å²) in [5.41, 5.74) is 6.98. The number of nitrogens with zero attached hydrogens (tertiary/aromatic N) is 1. The minimum Gasteiger partial charge on any atom is -0.354 e. The van der Waals surface area contributed by atoms with E-state index in [1.807, 2.05) is 6.08 Å². The third-order valence-electron chi connectivity index (χ3n) is 5.60. The van der Waals surface area contributed by atoms with Gasteiger partial charge in [-0.25, -0.2) is 0 Å². The van der Waals surface area contributed by atoms with Gasteiger partial charge >= 0.3 is 0 Å². The summed E-state index contributed by atoms with van der Waals surface area (Å²) in [7, 11) is 0. The molecule has 2 heteroatoms. The van der Waals surface area contributed by atoms with Crippen LogP contribution in [0.3, 0.4) is 0 Å². The van der Waals surface area contributed by atoms with Crippen molar-refractivity contribution in [1.29, 1.82) is 0 Å². The van der Waals surface area contributed by atoms with Gasteiger partial charge < -0.3 is 9.38 Å². The number of para-hydroxylation sites is 1. The second-order valence-electron chi connectivity index (χ2n) is 6.85. The van der Waals surface area contributed by atoms with Crippen LogP contribution in [0, 0.1) is 0 Å². The second kappa shape index (κ2) is 4.55. The summed E-state index contributed by atoms with van der Waals surface area (Å²) in [6, 6.07) is 21.4. The molecule has 3 heterocycles. The van der Waals surface area contributed by atoms with Crippen molar-refractivity contribution in [2.75, 3.05) is 0 Å². The molecule has 0 radical (unpaired) electrons. The van der Waals surface area contributed by atoms with Gasteiger partial charge in [-0.1, -0.05) is 55.6 Å². The zero-order chi connectivity index (χ0) is 17.4. The van der Waals surface area contributed by atoms with Gasteiger partial charge in [0.15, 0.2) is 0 Å². The molecule has 0 bridgehead atoms. The van der Waals surface area contributed by atoms with E-state index in [9.17, 15) is 0 Å². The molecule has 1 N–H and O–H groups in total. The fourth-order valence-electron chi connectivity index (χ4n) is 4.56. The molecule has 122 valence electrons. The molecule has 0 spiro atoms. The van der Waals surface area contributed by atoms with Crippen LogP contribution in [0.4, 0.5) is 0 Å². The van der Waals surface area contributed by atoms with Crippen molar-refractivity contribution < 1.29 is 0 Å². The zero-order valence-corrected chi connectivity index (χ0v) is 14.2. The van der Waals surface area contributed by atoms with E-state index < -0.39 is 0 Å². The third kappa shape index (κ3) is 1.44. The Bertz CT molecular complexity index is 1560. The predicted octanol–water partition coefficient (Wildman–Crippen LogP) is 5.65. The van der Waals surface area contributed by atoms with Crippen molar-refractivity contribution in [3.63, 3.8) is 0 Å². The minimum absolute atomic E-state index is 1.04. The number of aromatic amines is 1. The van der Waals surface area contributed by atoms with Crippen molar-refractivity contribution >= 4 is 61.8 Å². The number of H-pyrrole nitrogens is 1. The Balaban J connectivity index is 2.18. The summed E-state index contributed by atoms with van der Waals surface area (Å²) in [4.78, 5) is 3.57. The lowest BCUT2D eigenvalue weighted by Crippen LogP contribution is -2.01. The lowest BCUT2D eigenvalue weighted by Gasteiger charge is -2.00. The Hall–Kier alpha value is -3.52. The van der Waals surface area contributed by atoms with E-state index >= 15 is 0 Å². The van der Waals surface area contributed by atoms with E-state index in [-0.39, 0.29) is 0 Å². The van der Waals surface area contributed by atoms with E-state index in [0.29, 0.717) is 0 Å². The molecule has 0 atom stereocenters. The molecule has 3 aromatic heterocycles. The van der Waals surface area contributed by atoms with Crippen LogP contribution in [0.15, 0.2) is 67.2 Å². The van der Waals surface area contributed by atoms with Gasteiger partial charge in [-0.05, 0) is 34.9 Å². The molecule has 3 aromatic carbocycles. The Morgan fingerprint density at radius 3 is 2.31 bits per heavy atom. The highest BCUT2D eigenvalue weighted by Gasteiger charge is 2.17. The molecular formula is C24H16N2. The lowest BCUT2D eigenvalue weighted by atomic mass is 10.1. The maximum absolute atomic E-state index is 4.51. The van der Waals surface area contributed by atoms with Gasteiger partial charge in [0.1, 0.15) is 0 Å². The molecule has 0 aliphatic rings. The molecule has 26 heavy (non-hydrogen) atoms. The Morgan fingerprint density at radius 1 is 0.769 bits per heavy atom. The van der Waals surface area contributed by atoms with Gasteiger partial charge in [-0.15, -0.1) is 0 Å². The van der Waals surface area contributed by atoms with Gasteiger partial charge in [0.2, 0.25) is 0 Å². The Kier molecular flexibility index (Phi) is 2.41. The van der Waals surface area contributed by atoms with Crippen LogP contribution in [0.2, 0.25) is 0 Å². The monoisotopic (exact) mass is 332 g/mol. The fraction of sp³-hybridized carbons (Fsp3) is 0. The number of aromatic nitrogens is 2. The van der Waals surface area contributed by atoms with Crippen molar-refractivity contribution in [2.24, 2.45) is 0 Å². The van der Waals surface area contributed by atoms with E-state index in [1.165, 1.54) is 32.6 Å². The molecule has 6 aromatic rings. The molecule has 2 nitrogen and oxygen atoms in total. The van der Waals surface area contributed by atoms with E-state index in [4.69, 9.17) is 0 Å². The van der Waals surface area contributed by atoms with Crippen molar-refractivity contribution in [3.8, 4) is 0 Å². The number of fused-ring (bicyclic) bond motifs is 4. The summed E-state index contributed by atoms with van der Waals surface area (Å²) in [5, 5.41) is 5.95. The number of nitrogens with one attached hydrogen (secondary N) is 1. The average Bonchev–Trinajstić information content (AvgIpc) is 3.19. The summed E-state index contributed by atoms with van der Waals surface area (Å²) < 4.78 is 2.35. The maximum atomic E-state index is 4.51. The standard InChI is InChI=1S/C24H16N2/c1-3-15-17-8-4-5-12-20(17)26-21-13-7-11-19-23(21)22-16(14(2)24(15)26)9-6-10-18(22)25-19/h3-13,25H,1-2H2. The highest BCUT2D eigenvalue weighted by Crippen LogP contribution is 2.36. The van der Waals surface area contributed by atoms with Crippen LogP contribution < -0.4 is 5.22 Å². The smallest absolute Gasteiger partial charge is 0.0613 e. The van der Waals surface area contributed by atoms with Crippen LogP contribution in [-0.2, 0) is 0 Å². The van der Waals surface area contributed by atoms with Crippen molar-refractivity contribution in [3.05, 3.63) is 78.0 Å². The van der Waals surface area contributed by atoms with Gasteiger partial charge in [0.05, 0.1) is 16.6 Å². The first-order chi connectivity index (χ1) is 12.8. The van der Waals surface area contributed by atoms with E-state index in [1.54, 1.807) is 0 Å². The molecule has 0 fully saturated rings. The largest absolute Gasteiger partial charge is 0.354 e. The number of rotatable bonds is 1. The molecule has 0 aliphatic carbocycles. The molecule has 0 aliphatic heterocycles. The number of benzene rings is 3. The first-order valence-electron chi connectivity index (χ1n) is 8.79. The molecule has 0 amide bonds. The molecule has 0 saturated carbocycles. The summed E-state index contributed by atoms with van der Waals surface area (Å²) in [6.07, 6.45) is 1.96. The molecule has 6 rings (SSSR count). The first kappa shape index (κ1) is 13.7. The summed E-state index contributed by atoms with van der Waals surface area (Å²) in [6.45, 7) is 8.61. The zero-order valence-electron chi connectivity index (χ0n) is 14.2. The minimum atomic E-state index is 1.04. The first-order valence-corrected chi connectivity index (χ1v) is 8.79. The van der Waals surface area contributed by atoms with Gasteiger partial charge in [0, 0.05) is 32.8 Å². The van der Waals surface area contributed by atoms with Crippen LogP contribution in [-0.4, -0.2) is 9.38 Å². The Morgan fingerprint density at radius 2 is 1.46 bits per heavy atom. The SMILES string of the molecule is C=Cc1c2ccccc2n2c1c(=C)c1cccc3[nH]c4cccc2c4c31. The highest BCUT2D eigenvalue weighted by atomic mass is 14.9. The Labute approximate surface area is 149 Å². The van der Waals surface area contributed by atoms with Crippen LogP contribution in [0.5, 0.6) is 0 Å². The van der Waals surface area contributed by atoms with Crippen LogP contribution >= 0.6 is 0 Å². The maximum Gasteiger partial charge on any atom is 0.0613 e. The van der Waals surface area contributed by atoms with E-state index in [2.05, 4.69) is 83.2 Å². The summed E-state index contributed by atoms with van der Waals surface area (Å²) >= 11 is 0. The molecule has 0 saturated heterocycles. The highest BCUT2D eigenvalue weighted by molar-refractivity contribution is 6.23. The quantitative estimate of drug-likeness (QED) is 0.401. The summed E-state index contributed by atoms with van der Waals surface area (Å²) in [5.74, 6) is 0.